The molecular formula is C21H25N3O3. The average molecular weight is 367 g/mol. The Morgan fingerprint density at radius 1 is 1.15 bits per heavy atom. The third-order valence-electron chi connectivity index (χ3n) is 4.73. The molecule has 3 rings (SSSR count). The highest BCUT2D eigenvalue weighted by Gasteiger charge is 2.25. The van der Waals surface area contributed by atoms with Gasteiger partial charge in [0.15, 0.2) is 11.5 Å². The third-order valence-corrected chi connectivity index (χ3v) is 4.73. The van der Waals surface area contributed by atoms with Gasteiger partial charge in [-0.25, -0.2) is 0 Å². The Labute approximate surface area is 159 Å². The van der Waals surface area contributed by atoms with Crippen LogP contribution in [0.4, 0.5) is 5.69 Å². The number of carbonyl (C=O) groups excluding carboxylic acids is 1. The Kier molecular flexibility index (Phi) is 5.76. The van der Waals surface area contributed by atoms with Crippen LogP contribution in [0.1, 0.15) is 23.1 Å². The molecule has 0 spiro atoms. The third kappa shape index (κ3) is 3.80. The van der Waals surface area contributed by atoms with E-state index in [0.29, 0.717) is 18.0 Å². The van der Waals surface area contributed by atoms with E-state index in [1.165, 1.54) is 5.56 Å². The summed E-state index contributed by atoms with van der Waals surface area (Å²) in [5.41, 5.74) is 10.2. The number of benzene rings is 2. The summed E-state index contributed by atoms with van der Waals surface area (Å²) in [5.74, 6) is 1.11. The standard InChI is InChI=1S/C21H25N3O3/c1-24-17-12-19(27-3)18(26-2)11-16(17)21(23-13-20(24)25)15-8-4-6-14(10-15)7-5-9-22/h4,6,8,10-12H,5,7,9,13,22H2,1-3H3. The van der Waals surface area contributed by atoms with Gasteiger partial charge in [0, 0.05) is 24.2 Å². The number of nitrogens with zero attached hydrogens (tertiary/aromatic N) is 2. The van der Waals surface area contributed by atoms with Gasteiger partial charge >= 0.3 is 0 Å². The van der Waals surface area contributed by atoms with Crippen molar-refractivity contribution in [3.8, 4) is 11.5 Å². The molecule has 0 atom stereocenters. The van der Waals surface area contributed by atoms with E-state index < -0.39 is 0 Å². The lowest BCUT2D eigenvalue weighted by Crippen LogP contribution is -2.27. The Morgan fingerprint density at radius 3 is 2.59 bits per heavy atom. The van der Waals surface area contributed by atoms with Gasteiger partial charge in [0.25, 0.3) is 0 Å². The summed E-state index contributed by atoms with van der Waals surface area (Å²) in [6.07, 6.45) is 1.84. The highest BCUT2D eigenvalue weighted by atomic mass is 16.5. The van der Waals surface area contributed by atoms with E-state index in [9.17, 15) is 4.79 Å². The van der Waals surface area contributed by atoms with E-state index in [2.05, 4.69) is 17.1 Å². The van der Waals surface area contributed by atoms with Crippen LogP contribution in [-0.2, 0) is 11.2 Å². The summed E-state index contributed by atoms with van der Waals surface area (Å²) in [5, 5.41) is 0. The first-order chi connectivity index (χ1) is 13.1. The van der Waals surface area contributed by atoms with E-state index >= 15 is 0 Å². The predicted molar refractivity (Wildman–Crippen MR) is 107 cm³/mol. The molecule has 1 aliphatic rings. The minimum Gasteiger partial charge on any atom is -0.493 e. The van der Waals surface area contributed by atoms with Crippen molar-refractivity contribution in [1.82, 2.24) is 0 Å². The number of likely N-dealkylation sites (N-methyl/N-ethyl adjacent to an activating group) is 1. The van der Waals surface area contributed by atoms with Crippen LogP contribution in [0.25, 0.3) is 0 Å². The maximum Gasteiger partial charge on any atom is 0.248 e. The summed E-state index contributed by atoms with van der Waals surface area (Å²) < 4.78 is 10.9. The van der Waals surface area contributed by atoms with E-state index in [1.807, 2.05) is 24.3 Å². The molecular weight excluding hydrogens is 342 g/mol. The van der Waals surface area contributed by atoms with Crippen LogP contribution in [0, 0.1) is 0 Å². The molecule has 0 bridgehead atoms. The van der Waals surface area contributed by atoms with Crippen LogP contribution in [0.3, 0.4) is 0 Å². The van der Waals surface area contributed by atoms with Crippen molar-refractivity contribution in [3.05, 3.63) is 53.1 Å². The normalized spacial score (nSPS) is 13.7. The lowest BCUT2D eigenvalue weighted by molar-refractivity contribution is -0.116. The Bertz CT molecular complexity index is 877. The van der Waals surface area contributed by atoms with Crippen molar-refractivity contribution in [2.45, 2.75) is 12.8 Å². The molecule has 1 amide bonds. The number of nitrogens with two attached hydrogens (primary N) is 1. The molecule has 0 saturated heterocycles. The molecule has 1 heterocycles. The molecule has 0 saturated carbocycles. The fourth-order valence-corrected chi connectivity index (χ4v) is 3.23. The molecule has 0 radical (unpaired) electrons. The van der Waals surface area contributed by atoms with Crippen LogP contribution in [0.15, 0.2) is 41.4 Å². The minimum absolute atomic E-state index is 0.0715. The van der Waals surface area contributed by atoms with Gasteiger partial charge in [-0.2, -0.15) is 0 Å². The molecule has 6 nitrogen and oxygen atoms in total. The highest BCUT2D eigenvalue weighted by molar-refractivity contribution is 6.20. The van der Waals surface area contributed by atoms with Gasteiger partial charge in [-0.1, -0.05) is 18.2 Å². The van der Waals surface area contributed by atoms with Crippen molar-refractivity contribution < 1.29 is 14.3 Å². The number of hydrogen-bond acceptors (Lipinski definition) is 5. The molecule has 2 aromatic rings. The molecule has 0 aromatic heterocycles. The predicted octanol–water partition coefficient (Wildman–Crippen LogP) is 2.41. The number of ether oxygens (including phenoxy) is 2. The van der Waals surface area contributed by atoms with Crippen molar-refractivity contribution in [3.63, 3.8) is 0 Å². The van der Waals surface area contributed by atoms with Crippen molar-refractivity contribution in [2.24, 2.45) is 10.7 Å². The number of aliphatic imine (C=N–C) groups is 1. The number of anilines is 1. The zero-order valence-corrected chi connectivity index (χ0v) is 16.0. The lowest BCUT2D eigenvalue weighted by atomic mass is 9.97. The second-order valence-electron chi connectivity index (χ2n) is 6.43. The lowest BCUT2D eigenvalue weighted by Gasteiger charge is -2.20. The first-order valence-electron chi connectivity index (χ1n) is 8.95. The maximum atomic E-state index is 12.4. The molecule has 1 aliphatic heterocycles. The first kappa shape index (κ1) is 18.9. The van der Waals surface area contributed by atoms with Crippen molar-refractivity contribution in [2.75, 3.05) is 39.3 Å². The number of rotatable bonds is 6. The molecule has 0 fully saturated rings. The Hall–Kier alpha value is -2.86. The fraction of sp³-hybridized carbons (Fsp3) is 0.333. The topological polar surface area (TPSA) is 77.2 Å². The van der Waals surface area contributed by atoms with Crippen LogP contribution in [0.5, 0.6) is 11.5 Å². The smallest absolute Gasteiger partial charge is 0.248 e. The Morgan fingerprint density at radius 2 is 1.89 bits per heavy atom. The second kappa shape index (κ2) is 8.22. The quantitative estimate of drug-likeness (QED) is 0.851. The minimum atomic E-state index is -0.0715. The van der Waals surface area contributed by atoms with E-state index in [0.717, 1.165) is 35.4 Å². The molecule has 0 aliphatic carbocycles. The fourth-order valence-electron chi connectivity index (χ4n) is 3.23. The average Bonchev–Trinajstić information content (AvgIpc) is 2.82. The van der Waals surface area contributed by atoms with Gasteiger partial charge in [-0.15, -0.1) is 0 Å². The highest BCUT2D eigenvalue weighted by Crippen LogP contribution is 2.37. The number of amides is 1. The molecule has 142 valence electrons. The van der Waals surface area contributed by atoms with Gasteiger partial charge < -0.3 is 20.1 Å². The zero-order chi connectivity index (χ0) is 19.4. The van der Waals surface area contributed by atoms with E-state index in [1.54, 1.807) is 26.2 Å². The number of benzodiazepines with no additional fused rings is 1. The van der Waals surface area contributed by atoms with Gasteiger partial charge in [0.05, 0.1) is 25.6 Å². The monoisotopic (exact) mass is 367 g/mol. The number of aryl methyl sites for hydroxylation is 1. The molecule has 6 heteroatoms. The summed E-state index contributed by atoms with van der Waals surface area (Å²) in [4.78, 5) is 18.7. The van der Waals surface area contributed by atoms with Gasteiger partial charge in [-0.05, 0) is 37.1 Å². The number of fused-ring (bicyclic) bond motifs is 1. The maximum absolute atomic E-state index is 12.4. The summed E-state index contributed by atoms with van der Waals surface area (Å²) >= 11 is 0. The van der Waals surface area contributed by atoms with Crippen LogP contribution in [0.2, 0.25) is 0 Å². The van der Waals surface area contributed by atoms with Crippen molar-refractivity contribution in [1.29, 1.82) is 0 Å². The van der Waals surface area contributed by atoms with E-state index in [-0.39, 0.29) is 12.5 Å². The summed E-state index contributed by atoms with van der Waals surface area (Å²) in [6.45, 7) is 0.752. The SMILES string of the molecule is COc1cc2c(cc1OC)N(C)C(=O)CN=C2c1cccc(CCCN)c1. The van der Waals surface area contributed by atoms with Crippen LogP contribution in [-0.4, -0.2) is 46.0 Å². The first-order valence-corrected chi connectivity index (χ1v) is 8.95. The summed E-state index contributed by atoms with van der Waals surface area (Å²) in [6, 6.07) is 11.9. The Balaban J connectivity index is 2.14. The zero-order valence-electron chi connectivity index (χ0n) is 16.0. The van der Waals surface area contributed by atoms with Gasteiger partial charge in [-0.3, -0.25) is 9.79 Å². The second-order valence-corrected chi connectivity index (χ2v) is 6.43. The molecule has 2 aromatic carbocycles. The van der Waals surface area contributed by atoms with Crippen LogP contribution >= 0.6 is 0 Å². The molecule has 2 N–H and O–H groups in total. The largest absolute Gasteiger partial charge is 0.493 e. The van der Waals surface area contributed by atoms with Crippen molar-refractivity contribution >= 4 is 17.3 Å². The van der Waals surface area contributed by atoms with Gasteiger partial charge in [0.2, 0.25) is 5.91 Å². The number of carbonyl (C=O) groups is 1. The number of methoxy groups -OCH3 is 2. The number of hydrogen-bond donors (Lipinski definition) is 1. The molecule has 0 unspecified atom stereocenters. The van der Waals surface area contributed by atoms with E-state index in [4.69, 9.17) is 15.2 Å². The van der Waals surface area contributed by atoms with Gasteiger partial charge in [0.1, 0.15) is 6.54 Å². The van der Waals surface area contributed by atoms with Crippen LogP contribution < -0.4 is 20.1 Å². The summed E-state index contributed by atoms with van der Waals surface area (Å²) in [7, 11) is 4.93. The molecule has 27 heavy (non-hydrogen) atoms.